The lowest BCUT2D eigenvalue weighted by Crippen LogP contribution is -2.43. The quantitative estimate of drug-likeness (QED) is 0.727. The summed E-state index contributed by atoms with van der Waals surface area (Å²) in [5.41, 5.74) is 0.233. The molecule has 7 nitrogen and oxygen atoms in total. The molecule has 1 aliphatic heterocycles. The minimum atomic E-state index is -3.68. The molecule has 0 aromatic carbocycles. The molecule has 1 atom stereocenters. The van der Waals surface area contributed by atoms with Gasteiger partial charge in [0, 0.05) is 25.9 Å². The number of esters is 1. The number of sulfonamides is 1. The van der Waals surface area contributed by atoms with Crippen LogP contribution in [0, 0.1) is 0 Å². The maximum Gasteiger partial charge on any atom is 0.339 e. The number of nitrogens with zero attached hydrogens (tertiary/aromatic N) is 2. The van der Waals surface area contributed by atoms with Gasteiger partial charge in [0.2, 0.25) is 0 Å². The van der Waals surface area contributed by atoms with Crippen LogP contribution < -0.4 is 0 Å². The van der Waals surface area contributed by atoms with E-state index in [4.69, 9.17) is 9.47 Å². The summed E-state index contributed by atoms with van der Waals surface area (Å²) < 4.78 is 37.1. The van der Waals surface area contributed by atoms with Crippen molar-refractivity contribution in [3.63, 3.8) is 0 Å². The zero-order valence-electron chi connectivity index (χ0n) is 13.4. The Morgan fingerprint density at radius 2 is 2.13 bits per heavy atom. The van der Waals surface area contributed by atoms with E-state index < -0.39 is 16.0 Å². The van der Waals surface area contributed by atoms with E-state index in [1.807, 2.05) is 6.92 Å². The van der Waals surface area contributed by atoms with Gasteiger partial charge in [-0.25, -0.2) is 18.2 Å². The first-order valence-electron chi connectivity index (χ1n) is 7.74. The second-order valence-electron chi connectivity index (χ2n) is 5.19. The highest BCUT2D eigenvalue weighted by atomic mass is 32.2. The van der Waals surface area contributed by atoms with E-state index in [1.165, 1.54) is 22.6 Å². The summed E-state index contributed by atoms with van der Waals surface area (Å²) in [6.07, 6.45) is 2.76. The zero-order chi connectivity index (χ0) is 16.9. The highest BCUT2D eigenvalue weighted by Gasteiger charge is 2.31. The Bertz CT molecular complexity index is 628. The second kappa shape index (κ2) is 7.85. The molecular formula is C15H22N2O5S. The SMILES string of the molecule is CCOC(=O)c1ccc(S(=O)(=O)N2CCC[C@@H](OCC)C2)nc1. The molecule has 23 heavy (non-hydrogen) atoms. The van der Waals surface area contributed by atoms with Crippen LogP contribution in [0.1, 0.15) is 37.0 Å². The molecule has 0 radical (unpaired) electrons. The van der Waals surface area contributed by atoms with Crippen LogP contribution in [0.4, 0.5) is 0 Å². The van der Waals surface area contributed by atoms with Crippen LogP contribution >= 0.6 is 0 Å². The average Bonchev–Trinajstić information content (AvgIpc) is 2.56. The Morgan fingerprint density at radius 3 is 2.74 bits per heavy atom. The van der Waals surface area contributed by atoms with Gasteiger partial charge in [0.15, 0.2) is 5.03 Å². The van der Waals surface area contributed by atoms with Crippen molar-refractivity contribution in [2.45, 2.75) is 37.8 Å². The molecule has 2 heterocycles. The molecule has 0 aliphatic carbocycles. The Kier molecular flexibility index (Phi) is 6.09. The fourth-order valence-corrected chi connectivity index (χ4v) is 3.92. The Labute approximate surface area is 136 Å². The summed E-state index contributed by atoms with van der Waals surface area (Å²) in [5, 5.41) is -0.0669. The van der Waals surface area contributed by atoms with Crippen molar-refractivity contribution >= 4 is 16.0 Å². The average molecular weight is 342 g/mol. The monoisotopic (exact) mass is 342 g/mol. The zero-order valence-corrected chi connectivity index (χ0v) is 14.2. The van der Waals surface area contributed by atoms with Gasteiger partial charge in [-0.05, 0) is 38.8 Å². The smallest absolute Gasteiger partial charge is 0.339 e. The molecule has 0 amide bonds. The van der Waals surface area contributed by atoms with Crippen molar-refractivity contribution in [1.82, 2.24) is 9.29 Å². The first-order valence-corrected chi connectivity index (χ1v) is 9.18. The van der Waals surface area contributed by atoms with Gasteiger partial charge in [-0.2, -0.15) is 4.31 Å². The van der Waals surface area contributed by atoms with Crippen LogP contribution in [-0.4, -0.2) is 56.1 Å². The third-order valence-corrected chi connectivity index (χ3v) is 5.38. The lowest BCUT2D eigenvalue weighted by Gasteiger charge is -2.31. The number of piperidine rings is 1. The number of carbonyl (C=O) groups excluding carboxylic acids is 1. The number of ether oxygens (including phenoxy) is 2. The van der Waals surface area contributed by atoms with Crippen LogP contribution in [0.5, 0.6) is 0 Å². The maximum absolute atomic E-state index is 12.6. The number of rotatable bonds is 6. The Morgan fingerprint density at radius 1 is 1.35 bits per heavy atom. The summed E-state index contributed by atoms with van der Waals surface area (Å²) in [4.78, 5) is 15.5. The fraction of sp³-hybridized carbons (Fsp3) is 0.600. The van der Waals surface area contributed by atoms with E-state index in [9.17, 15) is 13.2 Å². The number of carbonyl (C=O) groups is 1. The van der Waals surface area contributed by atoms with Gasteiger partial charge in [-0.3, -0.25) is 0 Å². The van der Waals surface area contributed by atoms with Gasteiger partial charge in [0.05, 0.1) is 18.3 Å². The van der Waals surface area contributed by atoms with Crippen molar-refractivity contribution < 1.29 is 22.7 Å². The first kappa shape index (κ1) is 17.8. The third-order valence-electron chi connectivity index (χ3n) is 3.59. The summed E-state index contributed by atoms with van der Waals surface area (Å²) in [6.45, 7) is 5.19. The molecule has 2 rings (SSSR count). The lowest BCUT2D eigenvalue weighted by atomic mass is 10.1. The van der Waals surface area contributed by atoms with Crippen LogP contribution in [0.2, 0.25) is 0 Å². The van der Waals surface area contributed by atoms with E-state index in [1.54, 1.807) is 6.92 Å². The summed E-state index contributed by atoms with van der Waals surface area (Å²) in [7, 11) is -3.68. The number of aromatic nitrogens is 1. The minimum Gasteiger partial charge on any atom is -0.462 e. The van der Waals surface area contributed by atoms with E-state index in [2.05, 4.69) is 4.98 Å². The number of hydrogen-bond donors (Lipinski definition) is 0. The number of pyridine rings is 1. The molecule has 0 unspecified atom stereocenters. The van der Waals surface area contributed by atoms with E-state index in [0.29, 0.717) is 19.7 Å². The molecule has 1 aromatic heterocycles. The minimum absolute atomic E-state index is 0.0669. The van der Waals surface area contributed by atoms with Gasteiger partial charge < -0.3 is 9.47 Å². The molecule has 128 valence electrons. The van der Waals surface area contributed by atoms with Gasteiger partial charge in [0.1, 0.15) is 0 Å². The summed E-state index contributed by atoms with van der Waals surface area (Å²) in [5.74, 6) is -0.515. The molecule has 8 heteroatoms. The van der Waals surface area contributed by atoms with E-state index in [-0.39, 0.29) is 23.3 Å². The molecule has 1 fully saturated rings. The van der Waals surface area contributed by atoms with Crippen LogP contribution in [-0.2, 0) is 19.5 Å². The molecule has 0 N–H and O–H groups in total. The molecule has 0 saturated carbocycles. The molecule has 1 aliphatic rings. The predicted octanol–water partition coefficient (Wildman–Crippen LogP) is 1.45. The van der Waals surface area contributed by atoms with Crippen LogP contribution in [0.3, 0.4) is 0 Å². The van der Waals surface area contributed by atoms with Crippen molar-refractivity contribution in [2.24, 2.45) is 0 Å². The van der Waals surface area contributed by atoms with Gasteiger partial charge in [-0.1, -0.05) is 0 Å². The maximum atomic E-state index is 12.6. The molecule has 1 aromatic rings. The lowest BCUT2D eigenvalue weighted by molar-refractivity contribution is 0.0264. The van der Waals surface area contributed by atoms with Gasteiger partial charge in [-0.15, -0.1) is 0 Å². The van der Waals surface area contributed by atoms with Crippen molar-refractivity contribution in [3.05, 3.63) is 23.9 Å². The third kappa shape index (κ3) is 4.27. The molecule has 0 bridgehead atoms. The van der Waals surface area contributed by atoms with E-state index in [0.717, 1.165) is 12.8 Å². The Hall–Kier alpha value is -1.51. The summed E-state index contributed by atoms with van der Waals surface area (Å²) in [6, 6.07) is 2.76. The molecule has 1 saturated heterocycles. The molecular weight excluding hydrogens is 320 g/mol. The highest BCUT2D eigenvalue weighted by molar-refractivity contribution is 7.89. The topological polar surface area (TPSA) is 85.8 Å². The van der Waals surface area contributed by atoms with Crippen molar-refractivity contribution in [1.29, 1.82) is 0 Å². The standard InChI is InChI=1S/C15H22N2O5S/c1-3-21-13-6-5-9-17(11-13)23(19,20)14-8-7-12(10-16-14)15(18)22-4-2/h7-8,10,13H,3-6,9,11H2,1-2H3/t13-/m1/s1. The highest BCUT2D eigenvalue weighted by Crippen LogP contribution is 2.21. The summed E-state index contributed by atoms with van der Waals surface area (Å²) >= 11 is 0. The predicted molar refractivity (Wildman–Crippen MR) is 83.6 cm³/mol. The van der Waals surface area contributed by atoms with Crippen LogP contribution in [0.15, 0.2) is 23.4 Å². The Balaban J connectivity index is 2.14. The van der Waals surface area contributed by atoms with E-state index >= 15 is 0 Å². The largest absolute Gasteiger partial charge is 0.462 e. The number of hydrogen-bond acceptors (Lipinski definition) is 6. The van der Waals surface area contributed by atoms with Gasteiger partial charge >= 0.3 is 5.97 Å². The fourth-order valence-electron chi connectivity index (χ4n) is 2.50. The normalized spacial score (nSPS) is 19.5. The van der Waals surface area contributed by atoms with Crippen molar-refractivity contribution in [3.8, 4) is 0 Å². The molecule has 0 spiro atoms. The first-order chi connectivity index (χ1) is 11.0. The van der Waals surface area contributed by atoms with Crippen molar-refractivity contribution in [2.75, 3.05) is 26.3 Å². The second-order valence-corrected chi connectivity index (χ2v) is 7.07. The van der Waals surface area contributed by atoms with Crippen LogP contribution in [0.25, 0.3) is 0 Å². The van der Waals surface area contributed by atoms with Gasteiger partial charge in [0.25, 0.3) is 10.0 Å².